The van der Waals surface area contributed by atoms with Gasteiger partial charge in [-0.15, -0.1) is 0 Å². The molecule has 0 aromatic heterocycles. The van der Waals surface area contributed by atoms with Crippen LogP contribution in [0.3, 0.4) is 0 Å². The van der Waals surface area contributed by atoms with Crippen molar-refractivity contribution in [3.63, 3.8) is 0 Å². The molecule has 0 radical (unpaired) electrons. The topological polar surface area (TPSA) is 38.7 Å². The van der Waals surface area contributed by atoms with Crippen LogP contribution in [0.25, 0.3) is 0 Å². The minimum absolute atomic E-state index is 0.254. The molecular formula is C11H9ClFNO2. The van der Waals surface area contributed by atoms with Crippen molar-refractivity contribution in [1.29, 1.82) is 0 Å². The van der Waals surface area contributed by atoms with Gasteiger partial charge in [0.25, 0.3) is 0 Å². The first-order valence-corrected chi connectivity index (χ1v) is 5.13. The van der Waals surface area contributed by atoms with E-state index in [0.717, 1.165) is 0 Å². The second-order valence-corrected chi connectivity index (χ2v) is 4.08. The number of nitrogens with zero attached hydrogens (tertiary/aromatic N) is 1. The number of isocyanates is 1. The summed E-state index contributed by atoms with van der Waals surface area (Å²) < 4.78 is 18.3. The van der Waals surface area contributed by atoms with Crippen molar-refractivity contribution in [2.75, 3.05) is 7.11 Å². The van der Waals surface area contributed by atoms with Gasteiger partial charge in [-0.05, 0) is 18.9 Å². The number of hydrogen-bond donors (Lipinski definition) is 0. The zero-order chi connectivity index (χ0) is 11.8. The summed E-state index contributed by atoms with van der Waals surface area (Å²) in [6, 6.07) is 2.49. The van der Waals surface area contributed by atoms with E-state index >= 15 is 0 Å². The Hall–Kier alpha value is -1.38. The molecule has 1 aliphatic rings. The Labute approximate surface area is 96.9 Å². The Balaban J connectivity index is 2.56. The molecule has 0 saturated heterocycles. The number of halogens is 2. The second kappa shape index (κ2) is 3.89. The molecule has 2 rings (SSSR count). The number of methoxy groups -OCH3 is 1. The first-order chi connectivity index (χ1) is 7.63. The summed E-state index contributed by atoms with van der Waals surface area (Å²) in [5, 5.41) is 0.306. The number of hydrogen-bond acceptors (Lipinski definition) is 3. The van der Waals surface area contributed by atoms with Crippen molar-refractivity contribution in [1.82, 2.24) is 0 Å². The average molecular weight is 242 g/mol. The summed E-state index contributed by atoms with van der Waals surface area (Å²) in [6.45, 7) is 0. The highest BCUT2D eigenvalue weighted by Crippen LogP contribution is 2.53. The number of aliphatic imine (C=N–C) groups is 1. The van der Waals surface area contributed by atoms with Crippen LogP contribution in [-0.4, -0.2) is 13.2 Å². The first-order valence-electron chi connectivity index (χ1n) is 4.75. The van der Waals surface area contributed by atoms with Gasteiger partial charge in [-0.2, -0.15) is 4.99 Å². The van der Waals surface area contributed by atoms with E-state index in [4.69, 9.17) is 16.3 Å². The summed E-state index contributed by atoms with van der Waals surface area (Å²) >= 11 is 6.06. The molecule has 0 N–H and O–H groups in total. The zero-order valence-electron chi connectivity index (χ0n) is 8.59. The highest BCUT2D eigenvalue weighted by molar-refractivity contribution is 6.33. The van der Waals surface area contributed by atoms with E-state index in [-0.39, 0.29) is 5.75 Å². The largest absolute Gasteiger partial charge is 0.495 e. The third-order valence-electron chi connectivity index (χ3n) is 2.71. The standard InChI is InChI=1S/C11H9ClFNO2/c1-16-9-5-7(13)4-8(10(9)12)11(2-3-11)14-6-15/h4-5H,2-3H2,1H3. The molecule has 0 aliphatic heterocycles. The third kappa shape index (κ3) is 1.70. The van der Waals surface area contributed by atoms with Crippen LogP contribution < -0.4 is 4.74 Å². The lowest BCUT2D eigenvalue weighted by molar-refractivity contribution is 0.410. The van der Waals surface area contributed by atoms with Crippen LogP contribution in [0.1, 0.15) is 18.4 Å². The van der Waals surface area contributed by atoms with Crippen molar-refractivity contribution in [3.05, 3.63) is 28.5 Å². The molecule has 5 heteroatoms. The van der Waals surface area contributed by atoms with Gasteiger partial charge in [0.1, 0.15) is 17.1 Å². The van der Waals surface area contributed by atoms with E-state index < -0.39 is 11.4 Å². The Kier molecular flexibility index (Phi) is 2.70. The number of carbonyl (C=O) groups excluding carboxylic acids is 1. The van der Waals surface area contributed by atoms with Gasteiger partial charge >= 0.3 is 0 Å². The summed E-state index contributed by atoms with van der Waals surface area (Å²) in [5.41, 5.74) is -0.192. The van der Waals surface area contributed by atoms with Crippen LogP contribution in [0.4, 0.5) is 4.39 Å². The van der Waals surface area contributed by atoms with Gasteiger partial charge in [0, 0.05) is 11.6 Å². The van der Waals surface area contributed by atoms with Gasteiger partial charge in [0.15, 0.2) is 0 Å². The minimum atomic E-state index is -0.686. The summed E-state index contributed by atoms with van der Waals surface area (Å²) in [5.74, 6) is -0.201. The molecule has 0 bridgehead atoms. The van der Waals surface area contributed by atoms with E-state index in [1.807, 2.05) is 0 Å². The zero-order valence-corrected chi connectivity index (χ0v) is 9.34. The number of ether oxygens (including phenoxy) is 1. The molecular weight excluding hydrogens is 233 g/mol. The number of benzene rings is 1. The van der Waals surface area contributed by atoms with Crippen molar-refractivity contribution < 1.29 is 13.9 Å². The van der Waals surface area contributed by atoms with Gasteiger partial charge in [0.05, 0.1) is 12.1 Å². The van der Waals surface area contributed by atoms with Gasteiger partial charge in [-0.25, -0.2) is 9.18 Å². The fourth-order valence-electron chi connectivity index (χ4n) is 1.70. The Morgan fingerprint density at radius 1 is 1.56 bits per heavy atom. The molecule has 0 unspecified atom stereocenters. The van der Waals surface area contributed by atoms with Crippen LogP contribution in [0.5, 0.6) is 5.75 Å². The maximum absolute atomic E-state index is 13.3. The Morgan fingerprint density at radius 3 is 2.75 bits per heavy atom. The lowest BCUT2D eigenvalue weighted by Gasteiger charge is -2.13. The lowest BCUT2D eigenvalue weighted by Crippen LogP contribution is -2.05. The van der Waals surface area contributed by atoms with Gasteiger partial charge in [-0.3, -0.25) is 0 Å². The third-order valence-corrected chi connectivity index (χ3v) is 3.10. The van der Waals surface area contributed by atoms with Crippen LogP contribution in [0, 0.1) is 5.82 Å². The van der Waals surface area contributed by atoms with Crippen molar-refractivity contribution >= 4 is 17.7 Å². The van der Waals surface area contributed by atoms with Gasteiger partial charge in [0.2, 0.25) is 6.08 Å². The Bertz CT molecular complexity index is 479. The molecule has 0 amide bonds. The summed E-state index contributed by atoms with van der Waals surface area (Å²) in [4.78, 5) is 14.0. The van der Waals surface area contributed by atoms with Gasteiger partial charge < -0.3 is 4.74 Å². The monoisotopic (exact) mass is 241 g/mol. The van der Waals surface area contributed by atoms with E-state index in [1.54, 1.807) is 0 Å². The smallest absolute Gasteiger partial charge is 0.235 e. The highest BCUT2D eigenvalue weighted by Gasteiger charge is 2.47. The normalized spacial score (nSPS) is 16.4. The number of rotatable bonds is 3. The fraction of sp³-hybridized carbons (Fsp3) is 0.364. The molecule has 1 fully saturated rings. The maximum Gasteiger partial charge on any atom is 0.235 e. The maximum atomic E-state index is 13.3. The minimum Gasteiger partial charge on any atom is -0.495 e. The highest BCUT2D eigenvalue weighted by atomic mass is 35.5. The molecule has 16 heavy (non-hydrogen) atoms. The van der Waals surface area contributed by atoms with Crippen LogP contribution in [0.2, 0.25) is 5.02 Å². The fourth-order valence-corrected chi connectivity index (χ4v) is 2.06. The summed E-state index contributed by atoms with van der Waals surface area (Å²) in [6.07, 6.45) is 2.86. The SMILES string of the molecule is COc1cc(F)cc(C2(N=C=O)CC2)c1Cl. The quantitative estimate of drug-likeness (QED) is 0.603. The first kappa shape index (κ1) is 11.1. The molecule has 3 nitrogen and oxygen atoms in total. The predicted molar refractivity (Wildman–Crippen MR) is 57.0 cm³/mol. The lowest BCUT2D eigenvalue weighted by atomic mass is 10.0. The molecule has 0 atom stereocenters. The molecule has 1 aliphatic carbocycles. The Morgan fingerprint density at radius 2 is 2.25 bits per heavy atom. The molecule has 0 heterocycles. The second-order valence-electron chi connectivity index (χ2n) is 3.70. The van der Waals surface area contributed by atoms with E-state index in [9.17, 15) is 9.18 Å². The van der Waals surface area contributed by atoms with Crippen molar-refractivity contribution in [2.24, 2.45) is 4.99 Å². The van der Waals surface area contributed by atoms with E-state index in [1.165, 1.54) is 25.3 Å². The predicted octanol–water partition coefficient (Wildman–Crippen LogP) is 2.81. The van der Waals surface area contributed by atoms with E-state index in [2.05, 4.69) is 4.99 Å². The van der Waals surface area contributed by atoms with Gasteiger partial charge in [-0.1, -0.05) is 11.6 Å². The van der Waals surface area contributed by atoms with Crippen LogP contribution >= 0.6 is 11.6 Å². The van der Waals surface area contributed by atoms with Crippen LogP contribution in [-0.2, 0) is 10.3 Å². The van der Waals surface area contributed by atoms with Crippen LogP contribution in [0.15, 0.2) is 17.1 Å². The average Bonchev–Trinajstić information content (AvgIpc) is 3.02. The van der Waals surface area contributed by atoms with Crippen molar-refractivity contribution in [3.8, 4) is 5.75 Å². The molecule has 84 valence electrons. The molecule has 1 aromatic carbocycles. The molecule has 0 spiro atoms. The van der Waals surface area contributed by atoms with E-state index in [0.29, 0.717) is 23.4 Å². The van der Waals surface area contributed by atoms with Crippen molar-refractivity contribution in [2.45, 2.75) is 18.4 Å². The molecule has 1 aromatic rings. The molecule has 1 saturated carbocycles. The summed E-state index contributed by atoms with van der Waals surface area (Å²) in [7, 11) is 1.41.